The van der Waals surface area contributed by atoms with Gasteiger partial charge >= 0.3 is 0 Å². The molecule has 0 aliphatic rings. The van der Waals surface area contributed by atoms with E-state index in [1.165, 1.54) is 35.9 Å². The van der Waals surface area contributed by atoms with E-state index in [-0.39, 0.29) is 17.1 Å². The van der Waals surface area contributed by atoms with E-state index >= 15 is 0 Å². The van der Waals surface area contributed by atoms with Crippen molar-refractivity contribution in [2.24, 2.45) is 0 Å². The van der Waals surface area contributed by atoms with Crippen LogP contribution in [0.4, 0.5) is 5.82 Å². The molecule has 0 fully saturated rings. The number of thiophene rings is 1. The van der Waals surface area contributed by atoms with Crippen LogP contribution in [0.5, 0.6) is 11.5 Å². The van der Waals surface area contributed by atoms with Crippen LogP contribution in [0.15, 0.2) is 36.0 Å². The number of phenols is 2. The third-order valence-corrected chi connectivity index (χ3v) is 3.60. The van der Waals surface area contributed by atoms with Gasteiger partial charge in [0, 0.05) is 0 Å². The van der Waals surface area contributed by atoms with Gasteiger partial charge in [-0.3, -0.25) is 15.6 Å². The second-order valence-corrected chi connectivity index (χ2v) is 5.04. The Hall–Kier alpha value is -2.87. The fraction of sp³-hybridized carbons (Fsp3) is 0. The van der Waals surface area contributed by atoms with Crippen molar-refractivity contribution in [3.05, 3.63) is 41.5 Å². The van der Waals surface area contributed by atoms with Crippen LogP contribution in [-0.4, -0.2) is 26.1 Å². The molecule has 106 valence electrons. The Balaban J connectivity index is 1.80. The predicted octanol–water partition coefficient (Wildman–Crippen LogP) is 1.86. The summed E-state index contributed by atoms with van der Waals surface area (Å²) in [5.41, 5.74) is 5.06. The number of hydrogen-bond donors (Lipinski definition) is 4. The van der Waals surface area contributed by atoms with Gasteiger partial charge in [-0.05, 0) is 29.6 Å². The molecule has 1 amide bonds. The molecule has 0 aliphatic carbocycles. The first-order valence-electron chi connectivity index (χ1n) is 5.91. The smallest absolute Gasteiger partial charge is 0.273 e. The van der Waals surface area contributed by atoms with Gasteiger partial charge in [-0.1, -0.05) is 0 Å². The minimum atomic E-state index is -0.592. The summed E-state index contributed by atoms with van der Waals surface area (Å²) in [6.07, 6.45) is 1.39. The number of aromatic nitrogens is 2. The molecule has 8 heteroatoms. The van der Waals surface area contributed by atoms with Crippen molar-refractivity contribution in [3.8, 4) is 11.5 Å². The van der Waals surface area contributed by atoms with Gasteiger partial charge in [-0.2, -0.15) is 0 Å². The van der Waals surface area contributed by atoms with E-state index in [0.29, 0.717) is 5.82 Å². The highest BCUT2D eigenvalue weighted by atomic mass is 32.1. The number of hydrazine groups is 1. The second kappa shape index (κ2) is 5.25. The van der Waals surface area contributed by atoms with E-state index in [9.17, 15) is 15.0 Å². The topological polar surface area (TPSA) is 107 Å². The van der Waals surface area contributed by atoms with Crippen LogP contribution >= 0.6 is 11.3 Å². The van der Waals surface area contributed by atoms with Gasteiger partial charge in [0.25, 0.3) is 5.91 Å². The summed E-state index contributed by atoms with van der Waals surface area (Å²) in [4.78, 5) is 20.9. The molecule has 0 atom stereocenters. The molecule has 0 bridgehead atoms. The first kappa shape index (κ1) is 13.1. The largest absolute Gasteiger partial charge is 0.508 e. The standard InChI is InChI=1S/C13H10N4O3S/c18-7-1-2-10(19)9(5-7)12(20)17-16-11-8-3-4-21-13(8)15-6-14-11/h1-6,18-19H,(H,17,20)(H,14,15,16). The average molecular weight is 302 g/mol. The van der Waals surface area contributed by atoms with E-state index in [1.54, 1.807) is 0 Å². The maximum absolute atomic E-state index is 12.0. The van der Waals surface area contributed by atoms with Crippen molar-refractivity contribution < 1.29 is 15.0 Å². The lowest BCUT2D eigenvalue weighted by atomic mass is 10.2. The third-order valence-electron chi connectivity index (χ3n) is 2.78. The Kier molecular flexibility index (Phi) is 3.28. The lowest BCUT2D eigenvalue weighted by molar-refractivity contribution is 0.0959. The number of carbonyl (C=O) groups excluding carboxylic acids is 1. The zero-order valence-corrected chi connectivity index (χ0v) is 11.4. The van der Waals surface area contributed by atoms with Crippen molar-refractivity contribution in [1.29, 1.82) is 0 Å². The van der Waals surface area contributed by atoms with Crippen LogP contribution in [0.1, 0.15) is 10.4 Å². The van der Waals surface area contributed by atoms with Gasteiger partial charge in [-0.25, -0.2) is 9.97 Å². The lowest BCUT2D eigenvalue weighted by Gasteiger charge is -2.09. The summed E-state index contributed by atoms with van der Waals surface area (Å²) >= 11 is 1.46. The van der Waals surface area contributed by atoms with Crippen molar-refractivity contribution in [2.45, 2.75) is 0 Å². The zero-order chi connectivity index (χ0) is 14.8. The van der Waals surface area contributed by atoms with E-state index < -0.39 is 5.91 Å². The second-order valence-electron chi connectivity index (χ2n) is 4.14. The highest BCUT2D eigenvalue weighted by Crippen LogP contribution is 2.24. The number of phenolic OH excluding ortho intramolecular Hbond substituents is 2. The normalized spacial score (nSPS) is 10.5. The fourth-order valence-corrected chi connectivity index (χ4v) is 2.51. The SMILES string of the molecule is O=C(NNc1ncnc2sccc12)c1cc(O)ccc1O. The molecule has 2 heterocycles. The molecule has 0 aliphatic heterocycles. The Labute approximate surface area is 122 Å². The Morgan fingerprint density at radius 1 is 1.19 bits per heavy atom. The molecular weight excluding hydrogens is 292 g/mol. The average Bonchev–Trinajstić information content (AvgIpc) is 2.96. The maximum Gasteiger partial charge on any atom is 0.273 e. The minimum Gasteiger partial charge on any atom is -0.508 e. The predicted molar refractivity (Wildman–Crippen MR) is 78.3 cm³/mol. The molecule has 4 N–H and O–H groups in total. The van der Waals surface area contributed by atoms with Crippen LogP contribution < -0.4 is 10.9 Å². The van der Waals surface area contributed by atoms with E-state index in [4.69, 9.17) is 0 Å². The summed E-state index contributed by atoms with van der Waals surface area (Å²) in [5, 5.41) is 21.6. The van der Waals surface area contributed by atoms with Gasteiger partial charge in [0.05, 0.1) is 10.9 Å². The van der Waals surface area contributed by atoms with Gasteiger partial charge in [0.2, 0.25) is 0 Å². The molecule has 21 heavy (non-hydrogen) atoms. The maximum atomic E-state index is 12.0. The van der Waals surface area contributed by atoms with Crippen molar-refractivity contribution in [2.75, 3.05) is 5.43 Å². The van der Waals surface area contributed by atoms with Crippen LogP contribution in [-0.2, 0) is 0 Å². The molecule has 3 rings (SSSR count). The van der Waals surface area contributed by atoms with Gasteiger partial charge in [-0.15, -0.1) is 11.3 Å². The first-order chi connectivity index (χ1) is 10.1. The number of carbonyl (C=O) groups is 1. The summed E-state index contributed by atoms with van der Waals surface area (Å²) in [5.74, 6) is -0.477. The number of hydrogen-bond acceptors (Lipinski definition) is 7. The quantitative estimate of drug-likeness (QED) is 0.434. The zero-order valence-electron chi connectivity index (χ0n) is 10.6. The summed E-state index contributed by atoms with van der Waals surface area (Å²) < 4.78 is 0. The Bertz CT molecular complexity index is 818. The molecule has 0 unspecified atom stereocenters. The van der Waals surface area contributed by atoms with Crippen LogP contribution in [0.2, 0.25) is 0 Å². The van der Waals surface area contributed by atoms with Crippen LogP contribution in [0.3, 0.4) is 0 Å². The lowest BCUT2D eigenvalue weighted by Crippen LogP contribution is -2.29. The van der Waals surface area contributed by atoms with Gasteiger partial charge < -0.3 is 10.2 Å². The first-order valence-corrected chi connectivity index (χ1v) is 6.79. The van der Waals surface area contributed by atoms with Crippen LogP contribution in [0, 0.1) is 0 Å². The Morgan fingerprint density at radius 3 is 2.90 bits per heavy atom. The van der Waals surface area contributed by atoms with Crippen molar-refractivity contribution >= 4 is 33.3 Å². The fourth-order valence-electron chi connectivity index (χ4n) is 1.78. The molecule has 0 radical (unpaired) electrons. The van der Waals surface area contributed by atoms with E-state index in [0.717, 1.165) is 10.2 Å². The number of rotatable bonds is 3. The molecule has 1 aromatic carbocycles. The number of benzene rings is 1. The number of fused-ring (bicyclic) bond motifs is 1. The molecule has 7 nitrogen and oxygen atoms in total. The van der Waals surface area contributed by atoms with Gasteiger partial charge in [0.1, 0.15) is 22.7 Å². The highest BCUT2D eigenvalue weighted by molar-refractivity contribution is 7.16. The number of amides is 1. The van der Waals surface area contributed by atoms with Crippen LogP contribution in [0.25, 0.3) is 10.2 Å². The van der Waals surface area contributed by atoms with Crippen molar-refractivity contribution in [1.82, 2.24) is 15.4 Å². The monoisotopic (exact) mass is 302 g/mol. The number of anilines is 1. The summed E-state index contributed by atoms with van der Waals surface area (Å²) in [7, 11) is 0. The van der Waals surface area contributed by atoms with E-state index in [1.807, 2.05) is 11.4 Å². The molecule has 0 saturated heterocycles. The van der Waals surface area contributed by atoms with E-state index in [2.05, 4.69) is 20.8 Å². The summed E-state index contributed by atoms with van der Waals surface area (Å²) in [6, 6.07) is 5.54. The summed E-state index contributed by atoms with van der Waals surface area (Å²) in [6.45, 7) is 0. The Morgan fingerprint density at radius 2 is 2.05 bits per heavy atom. The number of nitrogens with zero attached hydrogens (tertiary/aromatic N) is 2. The van der Waals surface area contributed by atoms with Gasteiger partial charge in [0.15, 0.2) is 5.82 Å². The third kappa shape index (κ3) is 2.56. The number of nitrogens with one attached hydrogen (secondary N) is 2. The molecule has 2 aromatic heterocycles. The van der Waals surface area contributed by atoms with Crippen molar-refractivity contribution in [3.63, 3.8) is 0 Å². The number of aromatic hydroxyl groups is 2. The molecule has 0 saturated carbocycles. The highest BCUT2D eigenvalue weighted by Gasteiger charge is 2.12. The molecule has 3 aromatic rings. The molecular formula is C13H10N4O3S. The molecule has 0 spiro atoms. The minimum absolute atomic E-state index is 0.0434.